The van der Waals surface area contributed by atoms with Gasteiger partial charge in [-0.1, -0.05) is 19.3 Å². The van der Waals surface area contributed by atoms with E-state index in [1.54, 1.807) is 0 Å². The van der Waals surface area contributed by atoms with E-state index in [0.717, 1.165) is 63.2 Å². The maximum atomic E-state index is 12.2. The van der Waals surface area contributed by atoms with Crippen molar-refractivity contribution in [2.45, 2.75) is 57.2 Å². The molecule has 24 heavy (non-hydrogen) atoms. The van der Waals surface area contributed by atoms with Crippen LogP contribution in [0.25, 0.3) is 0 Å². The molecule has 5 nitrogen and oxygen atoms in total. The number of nitrogens with zero attached hydrogens (tertiary/aromatic N) is 1. The van der Waals surface area contributed by atoms with E-state index < -0.39 is 5.60 Å². The Morgan fingerprint density at radius 3 is 2.67 bits per heavy atom. The summed E-state index contributed by atoms with van der Waals surface area (Å²) in [7, 11) is 0. The Morgan fingerprint density at radius 2 is 2.00 bits per heavy atom. The number of aliphatic hydroxyl groups is 1. The molecule has 3 rings (SSSR count). The molecule has 1 saturated carbocycles. The molecule has 1 aliphatic heterocycles. The van der Waals surface area contributed by atoms with Crippen LogP contribution in [-0.4, -0.2) is 42.4 Å². The summed E-state index contributed by atoms with van der Waals surface area (Å²) >= 11 is 0. The van der Waals surface area contributed by atoms with Gasteiger partial charge in [-0.15, -0.1) is 0 Å². The summed E-state index contributed by atoms with van der Waals surface area (Å²) in [5.74, 6) is -0.104. The fraction of sp³-hybridized carbons (Fsp3) is 0.632. The molecule has 132 valence electrons. The molecule has 0 spiro atoms. The van der Waals surface area contributed by atoms with Crippen molar-refractivity contribution in [2.24, 2.45) is 0 Å². The maximum absolute atomic E-state index is 12.2. The van der Waals surface area contributed by atoms with E-state index in [0.29, 0.717) is 0 Å². The number of carbonyl (C=O) groups is 1. The lowest BCUT2D eigenvalue weighted by Gasteiger charge is -2.33. The molecule has 1 saturated heterocycles. The highest BCUT2D eigenvalue weighted by Crippen LogP contribution is 2.31. The van der Waals surface area contributed by atoms with E-state index in [9.17, 15) is 9.90 Å². The molecule has 1 amide bonds. The molecule has 0 radical (unpaired) electrons. The van der Waals surface area contributed by atoms with Gasteiger partial charge in [-0.2, -0.15) is 0 Å². The van der Waals surface area contributed by atoms with Crippen molar-refractivity contribution >= 4 is 17.3 Å². The molecule has 0 aromatic heterocycles. The Labute approximate surface area is 144 Å². The minimum absolute atomic E-state index is 0.104. The van der Waals surface area contributed by atoms with Crippen LogP contribution in [0.3, 0.4) is 0 Å². The van der Waals surface area contributed by atoms with Crippen LogP contribution in [0.15, 0.2) is 24.3 Å². The van der Waals surface area contributed by atoms with Gasteiger partial charge < -0.3 is 20.1 Å². The number of morpholine rings is 1. The number of amides is 1. The van der Waals surface area contributed by atoms with Crippen molar-refractivity contribution in [3.05, 3.63) is 24.3 Å². The van der Waals surface area contributed by atoms with Crippen molar-refractivity contribution < 1.29 is 14.6 Å². The third-order valence-electron chi connectivity index (χ3n) is 5.03. The van der Waals surface area contributed by atoms with E-state index in [1.807, 2.05) is 24.3 Å². The zero-order chi connectivity index (χ0) is 17.0. The lowest BCUT2D eigenvalue weighted by Crippen LogP contribution is -2.41. The maximum Gasteiger partial charge on any atom is 0.227 e. The average Bonchev–Trinajstić information content (AvgIpc) is 2.55. The summed E-state index contributed by atoms with van der Waals surface area (Å²) in [5.41, 5.74) is 1.12. The highest BCUT2D eigenvalue weighted by Gasteiger charge is 2.31. The molecule has 1 heterocycles. The van der Waals surface area contributed by atoms with E-state index in [-0.39, 0.29) is 18.4 Å². The van der Waals surface area contributed by atoms with Gasteiger partial charge in [0.1, 0.15) is 0 Å². The standard InChI is InChI=1S/C19H28N2O3/c1-15-14-21(11-12-24-15)17-7-5-16(6-8-17)20-18(22)13-19(23)9-3-2-4-10-19/h5-8,15,23H,2-4,9-14H2,1H3,(H,20,22). The number of hydrogen-bond donors (Lipinski definition) is 2. The smallest absolute Gasteiger partial charge is 0.227 e. The molecule has 0 bridgehead atoms. The number of rotatable bonds is 4. The van der Waals surface area contributed by atoms with Gasteiger partial charge in [0.05, 0.1) is 24.7 Å². The van der Waals surface area contributed by atoms with Gasteiger partial charge in [-0.3, -0.25) is 4.79 Å². The summed E-state index contributed by atoms with van der Waals surface area (Å²) in [6.45, 7) is 4.61. The van der Waals surface area contributed by atoms with Gasteiger partial charge in [-0.25, -0.2) is 0 Å². The quantitative estimate of drug-likeness (QED) is 0.890. The Morgan fingerprint density at radius 1 is 1.29 bits per heavy atom. The topological polar surface area (TPSA) is 61.8 Å². The van der Waals surface area contributed by atoms with E-state index in [2.05, 4.69) is 17.1 Å². The molecule has 2 N–H and O–H groups in total. The first kappa shape index (κ1) is 17.2. The van der Waals surface area contributed by atoms with Crippen molar-refractivity contribution in [3.8, 4) is 0 Å². The molecule has 1 aromatic rings. The highest BCUT2D eigenvalue weighted by atomic mass is 16.5. The molecule has 2 fully saturated rings. The average molecular weight is 332 g/mol. The second-order valence-electron chi connectivity index (χ2n) is 7.18. The van der Waals surface area contributed by atoms with Gasteiger partial charge >= 0.3 is 0 Å². The molecule has 1 unspecified atom stereocenters. The second kappa shape index (κ2) is 7.53. The minimum Gasteiger partial charge on any atom is -0.389 e. The molecule has 1 atom stereocenters. The number of hydrogen-bond acceptors (Lipinski definition) is 4. The van der Waals surface area contributed by atoms with Gasteiger partial charge in [-0.05, 0) is 44.0 Å². The van der Waals surface area contributed by atoms with E-state index in [1.165, 1.54) is 0 Å². The lowest BCUT2D eigenvalue weighted by atomic mass is 9.82. The van der Waals surface area contributed by atoms with Crippen LogP contribution in [0.2, 0.25) is 0 Å². The Bertz CT molecular complexity index is 552. The number of ether oxygens (including phenoxy) is 1. The van der Waals surface area contributed by atoms with Crippen molar-refractivity contribution in [1.82, 2.24) is 0 Å². The number of anilines is 2. The highest BCUT2D eigenvalue weighted by molar-refractivity contribution is 5.91. The normalized spacial score (nSPS) is 23.8. The first-order chi connectivity index (χ1) is 11.5. The SMILES string of the molecule is CC1CN(c2ccc(NC(=O)CC3(O)CCCCC3)cc2)CCO1. The molecular formula is C19H28N2O3. The second-order valence-corrected chi connectivity index (χ2v) is 7.18. The largest absolute Gasteiger partial charge is 0.389 e. The predicted octanol–water partition coefficient (Wildman–Crippen LogP) is 2.94. The van der Waals surface area contributed by atoms with Crippen LogP contribution in [0.1, 0.15) is 45.4 Å². The fourth-order valence-electron chi connectivity index (χ4n) is 3.70. The van der Waals surface area contributed by atoms with Crippen LogP contribution in [0.4, 0.5) is 11.4 Å². The van der Waals surface area contributed by atoms with E-state index in [4.69, 9.17) is 4.74 Å². The van der Waals surface area contributed by atoms with Crippen molar-refractivity contribution in [1.29, 1.82) is 0 Å². The Balaban J connectivity index is 1.54. The molecule has 2 aliphatic rings. The van der Waals surface area contributed by atoms with Gasteiger partial charge in [0.25, 0.3) is 0 Å². The number of benzene rings is 1. The Hall–Kier alpha value is -1.59. The first-order valence-electron chi connectivity index (χ1n) is 9.03. The zero-order valence-electron chi connectivity index (χ0n) is 14.5. The number of nitrogens with one attached hydrogen (secondary N) is 1. The third-order valence-corrected chi connectivity index (χ3v) is 5.03. The molecular weight excluding hydrogens is 304 g/mol. The fourth-order valence-corrected chi connectivity index (χ4v) is 3.70. The van der Waals surface area contributed by atoms with Crippen LogP contribution in [0.5, 0.6) is 0 Å². The van der Waals surface area contributed by atoms with Crippen LogP contribution in [0, 0.1) is 0 Å². The van der Waals surface area contributed by atoms with Gasteiger partial charge in [0.15, 0.2) is 0 Å². The van der Waals surface area contributed by atoms with Gasteiger partial charge in [0, 0.05) is 24.5 Å². The molecule has 5 heteroatoms. The lowest BCUT2D eigenvalue weighted by molar-refractivity contribution is -0.122. The van der Waals surface area contributed by atoms with Crippen molar-refractivity contribution in [2.75, 3.05) is 29.9 Å². The summed E-state index contributed by atoms with van der Waals surface area (Å²) in [4.78, 5) is 14.5. The summed E-state index contributed by atoms with van der Waals surface area (Å²) < 4.78 is 5.57. The van der Waals surface area contributed by atoms with Gasteiger partial charge in [0.2, 0.25) is 5.91 Å². The van der Waals surface area contributed by atoms with Crippen molar-refractivity contribution in [3.63, 3.8) is 0 Å². The minimum atomic E-state index is -0.813. The third kappa shape index (κ3) is 4.48. The molecule has 1 aliphatic carbocycles. The molecule has 1 aromatic carbocycles. The number of carbonyl (C=O) groups excluding carboxylic acids is 1. The zero-order valence-corrected chi connectivity index (χ0v) is 14.5. The Kier molecular flexibility index (Phi) is 5.41. The van der Waals surface area contributed by atoms with Crippen LogP contribution >= 0.6 is 0 Å². The monoisotopic (exact) mass is 332 g/mol. The van der Waals surface area contributed by atoms with E-state index >= 15 is 0 Å². The van der Waals surface area contributed by atoms with Crippen LogP contribution in [-0.2, 0) is 9.53 Å². The summed E-state index contributed by atoms with van der Waals surface area (Å²) in [6.07, 6.45) is 5.08. The first-order valence-corrected chi connectivity index (χ1v) is 9.03. The summed E-state index contributed by atoms with van der Waals surface area (Å²) in [5, 5.41) is 13.4. The van der Waals surface area contributed by atoms with Crippen LogP contribution < -0.4 is 10.2 Å². The predicted molar refractivity (Wildman–Crippen MR) is 95.4 cm³/mol. The summed E-state index contributed by atoms with van der Waals surface area (Å²) in [6, 6.07) is 7.92.